The molecule has 0 N–H and O–H groups in total. The molecule has 0 aliphatic rings. The van der Waals surface area contributed by atoms with E-state index < -0.39 is 0 Å². The van der Waals surface area contributed by atoms with Gasteiger partial charge >= 0.3 is 0 Å². The molecular formula is C8H12N2. The summed E-state index contributed by atoms with van der Waals surface area (Å²) >= 11 is 0. The minimum absolute atomic E-state index is 0.266. The molecule has 0 saturated heterocycles. The molecule has 2 heteroatoms. The monoisotopic (exact) mass is 136 g/mol. The van der Waals surface area contributed by atoms with Crippen LogP contribution in [0.3, 0.4) is 0 Å². The van der Waals surface area contributed by atoms with Crippen molar-refractivity contribution in [2.24, 2.45) is 11.8 Å². The third kappa shape index (κ3) is 3.10. The van der Waals surface area contributed by atoms with E-state index in [1.54, 1.807) is 0 Å². The van der Waals surface area contributed by atoms with Crippen molar-refractivity contribution in [3.63, 3.8) is 0 Å². The topological polar surface area (TPSA) is 28.1 Å². The van der Waals surface area contributed by atoms with E-state index in [2.05, 4.69) is 10.9 Å². The predicted octanol–water partition coefficient (Wildman–Crippen LogP) is 2.09. The molecule has 0 radical (unpaired) electrons. The van der Waals surface area contributed by atoms with Gasteiger partial charge in [0.05, 0.1) is 6.07 Å². The lowest BCUT2D eigenvalue weighted by atomic mass is 9.93. The Bertz CT molecular complexity index is 143. The Morgan fingerprint density at radius 3 is 2.50 bits per heavy atom. The fraction of sp³-hybridized carbons (Fsp3) is 0.750. The molecule has 0 aromatic carbocycles. The van der Waals surface area contributed by atoms with Crippen LogP contribution in [0.5, 0.6) is 0 Å². The molecule has 1 unspecified atom stereocenters. The van der Waals surface area contributed by atoms with Crippen LogP contribution in [0.4, 0.5) is 0 Å². The van der Waals surface area contributed by atoms with E-state index in [4.69, 9.17) is 11.8 Å². The number of nitrogens with zero attached hydrogens (tertiary/aromatic N) is 2. The van der Waals surface area contributed by atoms with Gasteiger partial charge in [0.15, 0.2) is 0 Å². The van der Waals surface area contributed by atoms with Crippen LogP contribution in [-0.2, 0) is 0 Å². The van der Waals surface area contributed by atoms with Crippen molar-refractivity contribution < 1.29 is 0 Å². The summed E-state index contributed by atoms with van der Waals surface area (Å²) in [4.78, 5) is 3.27. The third-order valence-corrected chi connectivity index (χ3v) is 1.62. The number of nitriles is 1. The molecule has 0 saturated carbocycles. The summed E-state index contributed by atoms with van der Waals surface area (Å²) in [5, 5.41) is 8.36. The maximum atomic E-state index is 8.36. The largest absolute Gasteiger partial charge is 0.317 e. The highest BCUT2D eigenvalue weighted by Gasteiger charge is 2.14. The first-order valence-corrected chi connectivity index (χ1v) is 3.42. The van der Waals surface area contributed by atoms with E-state index in [1.807, 2.05) is 13.8 Å². The lowest BCUT2D eigenvalue weighted by molar-refractivity contribution is 0.419. The van der Waals surface area contributed by atoms with Crippen LogP contribution in [0.15, 0.2) is 0 Å². The predicted molar refractivity (Wildman–Crippen MR) is 40.0 cm³/mol. The van der Waals surface area contributed by atoms with E-state index in [9.17, 15) is 0 Å². The summed E-state index contributed by atoms with van der Waals surface area (Å²) in [6.45, 7) is 11.2. The molecule has 1 atom stereocenters. The first-order chi connectivity index (χ1) is 4.72. The standard InChI is InChI=1S/C8H12N2/c1-7(2)8(4-5-9)6-10-3/h7-8H,4,6H2,1-2H3. The normalized spacial score (nSPS) is 12.1. The zero-order chi connectivity index (χ0) is 7.98. The highest BCUT2D eigenvalue weighted by molar-refractivity contribution is 4.82. The van der Waals surface area contributed by atoms with E-state index in [1.165, 1.54) is 0 Å². The van der Waals surface area contributed by atoms with Crippen molar-refractivity contribution in [3.05, 3.63) is 11.4 Å². The average Bonchev–Trinajstić information content (AvgIpc) is 1.87. The van der Waals surface area contributed by atoms with Crippen LogP contribution in [0, 0.1) is 29.7 Å². The van der Waals surface area contributed by atoms with E-state index >= 15 is 0 Å². The molecule has 0 aliphatic carbocycles. The van der Waals surface area contributed by atoms with Crippen molar-refractivity contribution in [3.8, 4) is 6.07 Å². The molecule has 0 aromatic rings. The Hall–Kier alpha value is -1.02. The lowest BCUT2D eigenvalue weighted by Crippen LogP contribution is -2.10. The SMILES string of the molecule is [C-]#[N+]CC(CC#N)C(C)C. The molecule has 0 aliphatic heterocycles. The Kier molecular flexibility index (Phi) is 4.33. The Morgan fingerprint density at radius 2 is 2.20 bits per heavy atom. The van der Waals surface area contributed by atoms with Gasteiger partial charge in [-0.05, 0) is 5.92 Å². The fourth-order valence-electron chi connectivity index (χ4n) is 0.746. The highest BCUT2D eigenvalue weighted by Crippen LogP contribution is 2.14. The van der Waals surface area contributed by atoms with Gasteiger partial charge < -0.3 is 4.85 Å². The molecule has 0 fully saturated rings. The van der Waals surface area contributed by atoms with Crippen LogP contribution in [-0.4, -0.2) is 6.54 Å². The smallest absolute Gasteiger partial charge is 0.218 e. The summed E-state index contributed by atoms with van der Waals surface area (Å²) in [7, 11) is 0. The van der Waals surface area contributed by atoms with Gasteiger partial charge in [0.25, 0.3) is 0 Å². The summed E-state index contributed by atoms with van der Waals surface area (Å²) in [5.74, 6) is 0.719. The number of hydrogen-bond donors (Lipinski definition) is 0. The molecule has 0 rings (SSSR count). The summed E-state index contributed by atoms with van der Waals surface area (Å²) in [5.41, 5.74) is 0. The van der Waals surface area contributed by atoms with Crippen LogP contribution >= 0.6 is 0 Å². The van der Waals surface area contributed by atoms with Gasteiger partial charge in [-0.1, -0.05) is 13.8 Å². The molecule has 54 valence electrons. The van der Waals surface area contributed by atoms with E-state index in [0.29, 0.717) is 18.9 Å². The van der Waals surface area contributed by atoms with Crippen molar-refractivity contribution in [2.75, 3.05) is 6.54 Å². The van der Waals surface area contributed by atoms with Crippen LogP contribution in [0.25, 0.3) is 4.85 Å². The molecule has 10 heavy (non-hydrogen) atoms. The Labute approximate surface area is 62.3 Å². The summed E-state index contributed by atoms with van der Waals surface area (Å²) in [6.07, 6.45) is 0.514. The van der Waals surface area contributed by atoms with Crippen molar-refractivity contribution in [1.29, 1.82) is 5.26 Å². The summed E-state index contributed by atoms with van der Waals surface area (Å²) < 4.78 is 0. The van der Waals surface area contributed by atoms with E-state index in [-0.39, 0.29) is 5.92 Å². The van der Waals surface area contributed by atoms with Crippen molar-refractivity contribution in [1.82, 2.24) is 0 Å². The molecular weight excluding hydrogens is 124 g/mol. The molecule has 0 bridgehead atoms. The lowest BCUT2D eigenvalue weighted by Gasteiger charge is -2.09. The second-order valence-corrected chi connectivity index (χ2v) is 2.71. The van der Waals surface area contributed by atoms with Crippen LogP contribution < -0.4 is 0 Å². The number of hydrogen-bond acceptors (Lipinski definition) is 1. The first kappa shape index (κ1) is 8.98. The van der Waals surface area contributed by atoms with Gasteiger partial charge in [-0.15, -0.1) is 0 Å². The quantitative estimate of drug-likeness (QED) is 0.546. The van der Waals surface area contributed by atoms with Crippen LogP contribution in [0.2, 0.25) is 0 Å². The van der Waals surface area contributed by atoms with Crippen molar-refractivity contribution in [2.45, 2.75) is 20.3 Å². The maximum Gasteiger partial charge on any atom is 0.218 e. The maximum absolute atomic E-state index is 8.36. The summed E-state index contributed by atoms with van der Waals surface area (Å²) in [6, 6.07) is 2.09. The first-order valence-electron chi connectivity index (χ1n) is 3.42. The average molecular weight is 136 g/mol. The molecule has 0 spiro atoms. The van der Waals surface area contributed by atoms with Gasteiger partial charge in [0, 0.05) is 12.3 Å². The van der Waals surface area contributed by atoms with Crippen LogP contribution in [0.1, 0.15) is 20.3 Å². The minimum atomic E-state index is 0.266. The zero-order valence-corrected chi connectivity index (χ0v) is 6.46. The third-order valence-electron chi connectivity index (χ3n) is 1.62. The van der Waals surface area contributed by atoms with Gasteiger partial charge in [-0.2, -0.15) is 5.26 Å². The van der Waals surface area contributed by atoms with Crippen molar-refractivity contribution >= 4 is 0 Å². The van der Waals surface area contributed by atoms with Gasteiger partial charge in [-0.25, -0.2) is 6.57 Å². The second kappa shape index (κ2) is 4.82. The Balaban J connectivity index is 3.78. The van der Waals surface area contributed by atoms with Gasteiger partial charge in [0.2, 0.25) is 6.54 Å². The molecule has 0 amide bonds. The second-order valence-electron chi connectivity index (χ2n) is 2.71. The fourth-order valence-corrected chi connectivity index (χ4v) is 0.746. The number of rotatable bonds is 3. The highest BCUT2D eigenvalue weighted by atomic mass is 14.6. The molecule has 0 aromatic heterocycles. The van der Waals surface area contributed by atoms with Gasteiger partial charge in [0.1, 0.15) is 0 Å². The Morgan fingerprint density at radius 1 is 1.60 bits per heavy atom. The molecule has 0 heterocycles. The zero-order valence-electron chi connectivity index (χ0n) is 6.46. The van der Waals surface area contributed by atoms with Gasteiger partial charge in [-0.3, -0.25) is 0 Å². The molecule has 2 nitrogen and oxygen atoms in total. The van der Waals surface area contributed by atoms with E-state index in [0.717, 1.165) is 0 Å². The minimum Gasteiger partial charge on any atom is -0.317 e.